The number of benzene rings is 5. The zero-order chi connectivity index (χ0) is 24.2. The number of fused-ring (bicyclic) bond motifs is 4. The highest BCUT2D eigenvalue weighted by Crippen LogP contribution is 2.46. The van der Waals surface area contributed by atoms with Crippen molar-refractivity contribution in [3.8, 4) is 16.9 Å². The Morgan fingerprint density at radius 3 is 2.26 bits per heavy atom. The monoisotopic (exact) mass is 481 g/mol. The molecule has 0 radical (unpaired) electrons. The summed E-state index contributed by atoms with van der Waals surface area (Å²) in [6.07, 6.45) is 0. The van der Waals surface area contributed by atoms with Gasteiger partial charge in [-0.2, -0.15) is 8.42 Å². The molecule has 0 aliphatic carbocycles. The van der Waals surface area contributed by atoms with Crippen LogP contribution in [0.1, 0.15) is 5.56 Å². The first-order valence-corrected chi connectivity index (χ1v) is 12.6. The molecule has 0 saturated heterocycles. The number of aryl methyl sites for hydroxylation is 1. The zero-order valence-electron chi connectivity index (χ0n) is 18.7. The number of halogens is 1. The van der Waals surface area contributed by atoms with Gasteiger partial charge in [0.2, 0.25) is 0 Å². The van der Waals surface area contributed by atoms with Crippen LogP contribution in [0.3, 0.4) is 0 Å². The average molecular weight is 482 g/mol. The first-order chi connectivity index (χ1) is 16.9. The molecular formula is C29H20FNO3S. The third-order valence-corrected chi connectivity index (χ3v) is 7.48. The van der Waals surface area contributed by atoms with Crippen LogP contribution in [0.5, 0.6) is 5.75 Å². The van der Waals surface area contributed by atoms with Gasteiger partial charge in [0.05, 0.1) is 5.52 Å². The third-order valence-electron chi connectivity index (χ3n) is 6.24. The van der Waals surface area contributed by atoms with Crippen LogP contribution >= 0.6 is 0 Å². The fourth-order valence-corrected chi connectivity index (χ4v) is 5.57. The van der Waals surface area contributed by atoms with Crippen molar-refractivity contribution in [3.63, 3.8) is 0 Å². The van der Waals surface area contributed by atoms with Gasteiger partial charge in [0.25, 0.3) is 0 Å². The van der Waals surface area contributed by atoms with E-state index < -0.39 is 15.9 Å². The van der Waals surface area contributed by atoms with Crippen molar-refractivity contribution in [1.82, 2.24) is 4.98 Å². The van der Waals surface area contributed by atoms with Crippen molar-refractivity contribution >= 4 is 42.7 Å². The molecule has 0 aliphatic heterocycles. The van der Waals surface area contributed by atoms with E-state index in [1.807, 2.05) is 61.5 Å². The molecule has 0 unspecified atom stereocenters. The number of rotatable bonds is 4. The van der Waals surface area contributed by atoms with Gasteiger partial charge in [0, 0.05) is 21.7 Å². The molecule has 1 N–H and O–H groups in total. The average Bonchev–Trinajstić information content (AvgIpc) is 3.24. The highest BCUT2D eigenvalue weighted by atomic mass is 32.2. The van der Waals surface area contributed by atoms with E-state index in [0.29, 0.717) is 16.3 Å². The van der Waals surface area contributed by atoms with E-state index in [2.05, 4.69) is 4.98 Å². The minimum absolute atomic E-state index is 0.0507. The minimum atomic E-state index is -4.15. The molecule has 4 nitrogen and oxygen atoms in total. The Hall–Kier alpha value is -4.16. The number of H-pyrrole nitrogens is 1. The lowest BCUT2D eigenvalue weighted by molar-refractivity contribution is 0.491. The minimum Gasteiger partial charge on any atom is -0.376 e. The maximum absolute atomic E-state index is 14.6. The molecule has 6 rings (SSSR count). The number of aromatic nitrogens is 1. The van der Waals surface area contributed by atoms with Gasteiger partial charge >= 0.3 is 10.1 Å². The molecule has 6 aromatic rings. The highest BCUT2D eigenvalue weighted by molar-refractivity contribution is 7.87. The van der Waals surface area contributed by atoms with Crippen LogP contribution in [0.4, 0.5) is 4.39 Å². The summed E-state index contributed by atoms with van der Waals surface area (Å²) < 4.78 is 47.1. The number of nitrogens with one attached hydrogen (secondary N) is 1. The smallest absolute Gasteiger partial charge is 0.339 e. The van der Waals surface area contributed by atoms with E-state index in [9.17, 15) is 12.8 Å². The molecule has 0 saturated carbocycles. The Balaban J connectivity index is 1.74. The molecule has 0 bridgehead atoms. The van der Waals surface area contributed by atoms with E-state index in [1.165, 1.54) is 24.3 Å². The summed E-state index contributed by atoms with van der Waals surface area (Å²) in [6.45, 7) is 1.88. The van der Waals surface area contributed by atoms with Crippen molar-refractivity contribution < 1.29 is 17.0 Å². The predicted octanol–water partition coefficient (Wildman–Crippen LogP) is 7.36. The lowest BCUT2D eigenvalue weighted by Gasteiger charge is -2.16. The summed E-state index contributed by atoms with van der Waals surface area (Å²) >= 11 is 0. The van der Waals surface area contributed by atoms with Crippen molar-refractivity contribution in [3.05, 3.63) is 108 Å². The predicted molar refractivity (Wildman–Crippen MR) is 138 cm³/mol. The molecule has 0 fully saturated rings. The normalized spacial score (nSPS) is 11.9. The summed E-state index contributed by atoms with van der Waals surface area (Å²) in [6, 6.07) is 28.2. The summed E-state index contributed by atoms with van der Waals surface area (Å²) in [5.74, 6) is -0.271. The van der Waals surface area contributed by atoms with E-state index in [-0.39, 0.29) is 10.6 Å². The van der Waals surface area contributed by atoms with Crippen LogP contribution in [0.25, 0.3) is 43.7 Å². The Kier molecular flexibility index (Phi) is 4.86. The third kappa shape index (κ3) is 3.54. The summed E-state index contributed by atoms with van der Waals surface area (Å²) in [5, 5.41) is 2.74. The summed E-state index contributed by atoms with van der Waals surface area (Å²) in [5.41, 5.74) is 4.02. The van der Waals surface area contributed by atoms with Gasteiger partial charge in [-0.1, -0.05) is 66.2 Å². The fraction of sp³-hybridized carbons (Fsp3) is 0.0345. The van der Waals surface area contributed by atoms with Crippen LogP contribution in [0, 0.1) is 12.7 Å². The first kappa shape index (κ1) is 21.4. The van der Waals surface area contributed by atoms with Gasteiger partial charge in [-0.3, -0.25) is 0 Å². The maximum Gasteiger partial charge on any atom is 0.339 e. The second kappa shape index (κ2) is 7.96. The van der Waals surface area contributed by atoms with Gasteiger partial charge in [0.15, 0.2) is 5.75 Å². The van der Waals surface area contributed by atoms with Crippen molar-refractivity contribution in [2.24, 2.45) is 0 Å². The van der Waals surface area contributed by atoms with Gasteiger partial charge < -0.3 is 9.17 Å². The van der Waals surface area contributed by atoms with Crippen molar-refractivity contribution in [1.29, 1.82) is 0 Å². The fourth-order valence-electron chi connectivity index (χ4n) is 4.62. The molecule has 0 atom stereocenters. The zero-order valence-corrected chi connectivity index (χ0v) is 19.6. The number of aromatic amines is 1. The van der Waals surface area contributed by atoms with Crippen LogP contribution in [0.15, 0.2) is 102 Å². The van der Waals surface area contributed by atoms with Crippen molar-refractivity contribution in [2.75, 3.05) is 0 Å². The molecule has 0 amide bonds. The molecule has 35 heavy (non-hydrogen) atoms. The second-order valence-corrected chi connectivity index (χ2v) is 10.1. The maximum atomic E-state index is 14.6. The molecule has 0 spiro atoms. The number of para-hydroxylation sites is 1. The Labute approximate surface area is 201 Å². The Bertz CT molecular complexity index is 1840. The lowest BCUT2D eigenvalue weighted by Crippen LogP contribution is -2.10. The Morgan fingerprint density at radius 2 is 1.49 bits per heavy atom. The lowest BCUT2D eigenvalue weighted by atomic mass is 9.92. The standard InChI is InChI=1S/C29H20FNO3S/c1-18-11-14-21(15-12-18)35(32,33)34-29-22-16-13-20(30)17-24(22)26(19-7-3-2-4-8-19)27-23-9-5-6-10-25(23)31-28(27)29/h2-17,31H,1H3. The largest absolute Gasteiger partial charge is 0.376 e. The first-order valence-electron chi connectivity index (χ1n) is 11.1. The van der Waals surface area contributed by atoms with Crippen LogP contribution in [-0.4, -0.2) is 13.4 Å². The second-order valence-electron chi connectivity index (χ2n) is 8.53. The molecular weight excluding hydrogens is 461 g/mol. The van der Waals surface area contributed by atoms with Gasteiger partial charge in [-0.15, -0.1) is 0 Å². The van der Waals surface area contributed by atoms with Gasteiger partial charge in [0.1, 0.15) is 10.7 Å². The molecule has 1 aromatic heterocycles. The molecule has 5 aromatic carbocycles. The summed E-state index contributed by atoms with van der Waals surface area (Å²) in [4.78, 5) is 3.41. The van der Waals surface area contributed by atoms with Gasteiger partial charge in [-0.05, 0) is 59.8 Å². The number of hydrogen-bond acceptors (Lipinski definition) is 3. The van der Waals surface area contributed by atoms with Crippen LogP contribution in [0.2, 0.25) is 0 Å². The molecule has 172 valence electrons. The van der Waals surface area contributed by atoms with E-state index in [1.54, 1.807) is 18.2 Å². The van der Waals surface area contributed by atoms with Gasteiger partial charge in [-0.25, -0.2) is 4.39 Å². The van der Waals surface area contributed by atoms with Crippen LogP contribution in [-0.2, 0) is 10.1 Å². The van der Waals surface area contributed by atoms with Crippen LogP contribution < -0.4 is 4.18 Å². The number of hydrogen-bond donors (Lipinski definition) is 1. The topological polar surface area (TPSA) is 59.2 Å². The van der Waals surface area contributed by atoms with Crippen molar-refractivity contribution in [2.45, 2.75) is 11.8 Å². The Morgan fingerprint density at radius 1 is 0.771 bits per heavy atom. The van der Waals surface area contributed by atoms with E-state index in [0.717, 1.165) is 33.0 Å². The molecule has 0 aliphatic rings. The quantitative estimate of drug-likeness (QED) is 0.268. The molecule has 1 heterocycles. The summed E-state index contributed by atoms with van der Waals surface area (Å²) in [7, 11) is -4.15. The highest BCUT2D eigenvalue weighted by Gasteiger charge is 2.25. The van der Waals surface area contributed by atoms with E-state index in [4.69, 9.17) is 4.18 Å². The molecule has 6 heteroatoms. The van der Waals surface area contributed by atoms with E-state index >= 15 is 0 Å². The SMILES string of the molecule is Cc1ccc(S(=O)(=O)Oc2c3ccc(F)cc3c(-c3ccccc3)c3c2[nH]c2ccccc23)cc1.